The van der Waals surface area contributed by atoms with Crippen molar-refractivity contribution in [2.45, 2.75) is 0 Å². The normalized spacial score (nSPS) is 10.8. The first-order valence-electron chi connectivity index (χ1n) is 8.28. The molecule has 0 fully saturated rings. The van der Waals surface area contributed by atoms with Crippen molar-refractivity contribution >= 4 is 49.4 Å². The number of anilines is 2. The second kappa shape index (κ2) is 7.37. The standard InChI is InChI=1S/C19H17N5OS/c25-18(24-19-23-15-7-3-4-8-16(15)26-19)21-12-11-20-17-10-9-13-5-1-2-6-14(13)22-17/h1-10H,11-12H2,(H,20,22)(H2,21,23,24,25). The van der Waals surface area contributed by atoms with Crippen LogP contribution in [0.5, 0.6) is 0 Å². The Labute approximate surface area is 154 Å². The van der Waals surface area contributed by atoms with Crippen LogP contribution in [-0.2, 0) is 0 Å². The van der Waals surface area contributed by atoms with Crippen LogP contribution in [0.3, 0.4) is 0 Å². The van der Waals surface area contributed by atoms with E-state index < -0.39 is 0 Å². The number of hydrogen-bond donors (Lipinski definition) is 3. The molecule has 2 amide bonds. The molecule has 0 aliphatic rings. The molecule has 0 aliphatic carbocycles. The van der Waals surface area contributed by atoms with E-state index in [1.807, 2.05) is 60.7 Å². The molecule has 2 aromatic heterocycles. The van der Waals surface area contributed by atoms with Gasteiger partial charge in [-0.3, -0.25) is 5.32 Å². The van der Waals surface area contributed by atoms with Gasteiger partial charge in [0, 0.05) is 18.5 Å². The van der Waals surface area contributed by atoms with Crippen molar-refractivity contribution in [2.24, 2.45) is 0 Å². The zero-order valence-corrected chi connectivity index (χ0v) is 14.7. The molecule has 0 spiro atoms. The first kappa shape index (κ1) is 16.3. The summed E-state index contributed by atoms with van der Waals surface area (Å²) in [6.07, 6.45) is 0. The number of fused-ring (bicyclic) bond motifs is 2. The molecular weight excluding hydrogens is 346 g/mol. The van der Waals surface area contributed by atoms with E-state index in [0.29, 0.717) is 18.2 Å². The third-order valence-corrected chi connectivity index (χ3v) is 4.78. The van der Waals surface area contributed by atoms with Crippen LogP contribution >= 0.6 is 11.3 Å². The van der Waals surface area contributed by atoms with Gasteiger partial charge in [-0.2, -0.15) is 0 Å². The van der Waals surface area contributed by atoms with Gasteiger partial charge >= 0.3 is 6.03 Å². The van der Waals surface area contributed by atoms with Crippen LogP contribution in [0.2, 0.25) is 0 Å². The molecule has 7 heteroatoms. The van der Waals surface area contributed by atoms with Crippen molar-refractivity contribution in [3.8, 4) is 0 Å². The van der Waals surface area contributed by atoms with Crippen LogP contribution in [0, 0.1) is 0 Å². The molecule has 130 valence electrons. The van der Waals surface area contributed by atoms with Gasteiger partial charge in [-0.15, -0.1) is 0 Å². The summed E-state index contributed by atoms with van der Waals surface area (Å²) in [5.74, 6) is 0.789. The van der Waals surface area contributed by atoms with E-state index in [9.17, 15) is 4.79 Å². The number of urea groups is 1. The lowest BCUT2D eigenvalue weighted by atomic mass is 10.2. The first-order chi connectivity index (χ1) is 12.8. The Hall–Kier alpha value is -3.19. The van der Waals surface area contributed by atoms with E-state index >= 15 is 0 Å². The molecule has 0 saturated heterocycles. The van der Waals surface area contributed by atoms with E-state index in [1.54, 1.807) is 0 Å². The Morgan fingerprint density at radius 2 is 1.69 bits per heavy atom. The average Bonchev–Trinajstić information content (AvgIpc) is 3.07. The highest BCUT2D eigenvalue weighted by atomic mass is 32.1. The van der Waals surface area contributed by atoms with Gasteiger partial charge in [0.1, 0.15) is 5.82 Å². The number of para-hydroxylation sites is 2. The van der Waals surface area contributed by atoms with Gasteiger partial charge in [-0.05, 0) is 30.3 Å². The molecule has 0 saturated carbocycles. The van der Waals surface area contributed by atoms with Crippen molar-refractivity contribution < 1.29 is 4.79 Å². The zero-order valence-electron chi connectivity index (χ0n) is 13.9. The second-order valence-electron chi connectivity index (χ2n) is 5.68. The highest BCUT2D eigenvalue weighted by Crippen LogP contribution is 2.25. The summed E-state index contributed by atoms with van der Waals surface area (Å²) in [5.41, 5.74) is 1.83. The number of pyridine rings is 1. The van der Waals surface area contributed by atoms with Gasteiger partial charge in [0.25, 0.3) is 0 Å². The number of amides is 2. The topological polar surface area (TPSA) is 78.9 Å². The Bertz CT molecular complexity index is 1030. The SMILES string of the molecule is O=C(NCCNc1ccc2ccccc2n1)Nc1nc2ccccc2s1. The lowest BCUT2D eigenvalue weighted by molar-refractivity contribution is 0.252. The quantitative estimate of drug-likeness (QED) is 0.467. The number of nitrogens with zero attached hydrogens (tertiary/aromatic N) is 2. The van der Waals surface area contributed by atoms with Crippen molar-refractivity contribution in [1.29, 1.82) is 0 Å². The van der Waals surface area contributed by atoms with Crippen LogP contribution < -0.4 is 16.0 Å². The minimum absolute atomic E-state index is 0.266. The van der Waals surface area contributed by atoms with Crippen LogP contribution in [0.1, 0.15) is 0 Å². The third kappa shape index (κ3) is 3.73. The summed E-state index contributed by atoms with van der Waals surface area (Å²) in [6.45, 7) is 1.06. The highest BCUT2D eigenvalue weighted by molar-refractivity contribution is 7.22. The summed E-state index contributed by atoms with van der Waals surface area (Å²) < 4.78 is 1.05. The van der Waals surface area contributed by atoms with Gasteiger partial charge in [-0.1, -0.05) is 41.7 Å². The molecule has 0 unspecified atom stereocenters. The molecule has 0 aliphatic heterocycles. The Morgan fingerprint density at radius 3 is 2.58 bits per heavy atom. The molecule has 2 heterocycles. The number of aromatic nitrogens is 2. The number of carbonyl (C=O) groups is 1. The Kier molecular flexibility index (Phi) is 4.61. The van der Waals surface area contributed by atoms with Gasteiger partial charge in [-0.25, -0.2) is 14.8 Å². The predicted octanol–water partition coefficient (Wildman–Crippen LogP) is 4.08. The predicted molar refractivity (Wildman–Crippen MR) is 107 cm³/mol. The molecule has 4 aromatic rings. The van der Waals surface area contributed by atoms with Crippen molar-refractivity contribution in [3.05, 3.63) is 60.7 Å². The summed E-state index contributed by atoms with van der Waals surface area (Å²) >= 11 is 1.45. The number of rotatable bonds is 5. The summed E-state index contributed by atoms with van der Waals surface area (Å²) in [5, 5.41) is 10.5. The number of nitrogens with one attached hydrogen (secondary N) is 3. The largest absolute Gasteiger partial charge is 0.368 e. The smallest absolute Gasteiger partial charge is 0.321 e. The van der Waals surface area contributed by atoms with E-state index in [-0.39, 0.29) is 6.03 Å². The van der Waals surface area contributed by atoms with Gasteiger partial charge < -0.3 is 10.6 Å². The van der Waals surface area contributed by atoms with E-state index in [4.69, 9.17) is 0 Å². The van der Waals surface area contributed by atoms with Crippen molar-refractivity contribution in [1.82, 2.24) is 15.3 Å². The third-order valence-electron chi connectivity index (χ3n) is 3.83. The van der Waals surface area contributed by atoms with Gasteiger partial charge in [0.15, 0.2) is 5.13 Å². The summed E-state index contributed by atoms with van der Waals surface area (Å²) in [4.78, 5) is 20.9. The van der Waals surface area contributed by atoms with Crippen molar-refractivity contribution in [3.63, 3.8) is 0 Å². The molecule has 26 heavy (non-hydrogen) atoms. The molecule has 2 aromatic carbocycles. The molecule has 6 nitrogen and oxygen atoms in total. The average molecular weight is 363 g/mol. The second-order valence-corrected chi connectivity index (χ2v) is 6.71. The maximum absolute atomic E-state index is 12.0. The molecule has 0 radical (unpaired) electrons. The van der Waals surface area contributed by atoms with Crippen LogP contribution in [0.15, 0.2) is 60.7 Å². The number of carbonyl (C=O) groups excluding carboxylic acids is 1. The van der Waals surface area contributed by atoms with Gasteiger partial charge in [0.05, 0.1) is 15.7 Å². The fourth-order valence-corrected chi connectivity index (χ4v) is 3.46. The first-order valence-corrected chi connectivity index (χ1v) is 9.10. The van der Waals surface area contributed by atoms with E-state index in [1.165, 1.54) is 11.3 Å². The monoisotopic (exact) mass is 363 g/mol. The molecule has 0 atom stereocenters. The lowest BCUT2D eigenvalue weighted by Gasteiger charge is -2.08. The minimum atomic E-state index is -0.266. The maximum atomic E-state index is 12.0. The molecule has 3 N–H and O–H groups in total. The Morgan fingerprint density at radius 1 is 0.885 bits per heavy atom. The van der Waals surface area contributed by atoms with Crippen LogP contribution in [-0.4, -0.2) is 29.1 Å². The summed E-state index contributed by atoms with van der Waals surface area (Å²) in [7, 11) is 0. The number of benzene rings is 2. The Balaban J connectivity index is 1.26. The lowest BCUT2D eigenvalue weighted by Crippen LogP contribution is -2.32. The fourth-order valence-electron chi connectivity index (χ4n) is 2.60. The highest BCUT2D eigenvalue weighted by Gasteiger charge is 2.06. The zero-order chi connectivity index (χ0) is 17.8. The maximum Gasteiger partial charge on any atom is 0.321 e. The number of hydrogen-bond acceptors (Lipinski definition) is 5. The molecular formula is C19H17N5OS. The minimum Gasteiger partial charge on any atom is -0.368 e. The summed E-state index contributed by atoms with van der Waals surface area (Å²) in [6, 6.07) is 19.4. The number of thiazole rings is 1. The van der Waals surface area contributed by atoms with Gasteiger partial charge in [0.2, 0.25) is 0 Å². The molecule has 4 rings (SSSR count). The van der Waals surface area contributed by atoms with Crippen molar-refractivity contribution in [2.75, 3.05) is 23.7 Å². The molecule has 0 bridgehead atoms. The van der Waals surface area contributed by atoms with Crippen LogP contribution in [0.25, 0.3) is 21.1 Å². The fraction of sp³-hybridized carbons (Fsp3) is 0.105. The van der Waals surface area contributed by atoms with Crippen LogP contribution in [0.4, 0.5) is 15.7 Å². The van der Waals surface area contributed by atoms with E-state index in [0.717, 1.165) is 26.9 Å². The van der Waals surface area contributed by atoms with E-state index in [2.05, 4.69) is 25.9 Å².